The van der Waals surface area contributed by atoms with E-state index in [2.05, 4.69) is 10.3 Å². The first-order valence-electron chi connectivity index (χ1n) is 9.14. The fourth-order valence-electron chi connectivity index (χ4n) is 3.14. The van der Waals surface area contributed by atoms with Gasteiger partial charge in [0.15, 0.2) is 16.5 Å². The fraction of sp³-hybridized carbons (Fsp3) is 0.0435. The number of fused-ring (bicyclic) bond motifs is 1. The average molecular weight is 400 g/mol. The number of aromatic nitrogens is 1. The topological polar surface area (TPSA) is 68.3 Å². The predicted molar refractivity (Wildman–Crippen MR) is 113 cm³/mol. The molecular weight excluding hydrogens is 384 g/mol. The van der Waals surface area contributed by atoms with Crippen molar-refractivity contribution in [1.29, 1.82) is 0 Å². The minimum atomic E-state index is -0.285. The lowest BCUT2D eigenvalue weighted by molar-refractivity contribution is 0.0921. The molecule has 0 radical (unpaired) electrons. The van der Waals surface area contributed by atoms with Crippen molar-refractivity contribution in [1.82, 2.24) is 10.3 Å². The van der Waals surface area contributed by atoms with Crippen molar-refractivity contribution in [2.75, 3.05) is 0 Å². The summed E-state index contributed by atoms with van der Waals surface area (Å²) in [6, 6.07) is 23.2. The van der Waals surface area contributed by atoms with Gasteiger partial charge in [0, 0.05) is 5.56 Å². The van der Waals surface area contributed by atoms with Crippen LogP contribution in [0, 0.1) is 0 Å². The second kappa shape index (κ2) is 7.41. The Morgan fingerprint density at radius 3 is 2.66 bits per heavy atom. The van der Waals surface area contributed by atoms with Gasteiger partial charge in [0.1, 0.15) is 5.76 Å². The molecule has 0 saturated heterocycles. The highest BCUT2D eigenvalue weighted by atomic mass is 32.1. The van der Waals surface area contributed by atoms with E-state index in [9.17, 15) is 4.79 Å². The Bertz CT molecular complexity index is 1250. The number of hydrogen-bond donors (Lipinski definition) is 1. The summed E-state index contributed by atoms with van der Waals surface area (Å²) in [4.78, 5) is 17.2. The van der Waals surface area contributed by atoms with Gasteiger partial charge in [0.05, 0.1) is 23.0 Å². The lowest BCUT2D eigenvalue weighted by atomic mass is 10.1. The van der Waals surface area contributed by atoms with Crippen molar-refractivity contribution in [3.05, 3.63) is 90.6 Å². The highest BCUT2D eigenvalue weighted by molar-refractivity contribution is 7.21. The van der Waals surface area contributed by atoms with Crippen LogP contribution < -0.4 is 5.32 Å². The molecule has 6 heteroatoms. The third-order valence-electron chi connectivity index (χ3n) is 4.55. The summed E-state index contributed by atoms with van der Waals surface area (Å²) in [6.45, 7) is 0.263. The van der Waals surface area contributed by atoms with Crippen LogP contribution in [0.1, 0.15) is 16.3 Å². The molecule has 0 unspecified atom stereocenters. The quantitative estimate of drug-likeness (QED) is 0.408. The molecule has 0 aliphatic carbocycles. The number of thiazole rings is 1. The first kappa shape index (κ1) is 17.5. The van der Waals surface area contributed by atoms with Crippen LogP contribution >= 0.6 is 11.3 Å². The Hall–Kier alpha value is -3.64. The maximum Gasteiger partial charge on any atom is 0.288 e. The Kier molecular flexibility index (Phi) is 4.46. The van der Waals surface area contributed by atoms with Crippen LogP contribution in [0.15, 0.2) is 87.9 Å². The molecule has 3 aromatic heterocycles. The number of rotatable bonds is 5. The number of carbonyl (C=O) groups is 1. The standard InChI is InChI=1S/C23H16N2O3S/c26-22(21-17(12-13-27-21)15-6-2-1-3-7-15)24-14-16-10-11-19(28-16)23-25-18-8-4-5-9-20(18)29-23/h1-13H,14H2,(H,24,26). The molecule has 0 spiro atoms. The molecule has 0 saturated carbocycles. The van der Waals surface area contributed by atoms with E-state index in [1.807, 2.05) is 66.7 Å². The summed E-state index contributed by atoms with van der Waals surface area (Å²) >= 11 is 1.58. The molecule has 5 aromatic rings. The smallest absolute Gasteiger partial charge is 0.288 e. The van der Waals surface area contributed by atoms with Crippen LogP contribution in [0.5, 0.6) is 0 Å². The van der Waals surface area contributed by atoms with Crippen molar-refractivity contribution in [3.63, 3.8) is 0 Å². The van der Waals surface area contributed by atoms with Gasteiger partial charge in [-0.05, 0) is 35.9 Å². The van der Waals surface area contributed by atoms with E-state index in [0.717, 1.165) is 26.4 Å². The molecule has 5 rings (SSSR count). The van der Waals surface area contributed by atoms with Crippen LogP contribution in [0.4, 0.5) is 0 Å². The van der Waals surface area contributed by atoms with Crippen LogP contribution in [0.25, 0.3) is 32.1 Å². The predicted octanol–water partition coefficient (Wildman–Crippen LogP) is 5.75. The molecule has 1 amide bonds. The molecule has 0 bridgehead atoms. The van der Waals surface area contributed by atoms with E-state index < -0.39 is 0 Å². The molecule has 2 aromatic carbocycles. The second-order valence-electron chi connectivity index (χ2n) is 6.46. The van der Waals surface area contributed by atoms with Crippen molar-refractivity contribution >= 4 is 27.5 Å². The van der Waals surface area contributed by atoms with Crippen molar-refractivity contribution < 1.29 is 13.6 Å². The maximum absolute atomic E-state index is 12.6. The lowest BCUT2D eigenvalue weighted by Gasteiger charge is -2.04. The van der Waals surface area contributed by atoms with E-state index >= 15 is 0 Å². The van der Waals surface area contributed by atoms with Gasteiger partial charge < -0.3 is 14.2 Å². The van der Waals surface area contributed by atoms with E-state index in [1.54, 1.807) is 17.4 Å². The highest BCUT2D eigenvalue weighted by Crippen LogP contribution is 2.31. The van der Waals surface area contributed by atoms with Gasteiger partial charge in [-0.25, -0.2) is 4.98 Å². The van der Waals surface area contributed by atoms with Crippen molar-refractivity contribution in [3.8, 4) is 21.9 Å². The van der Waals surface area contributed by atoms with Gasteiger partial charge in [-0.15, -0.1) is 11.3 Å². The molecule has 3 heterocycles. The Morgan fingerprint density at radius 2 is 1.79 bits per heavy atom. The Morgan fingerprint density at radius 1 is 0.966 bits per heavy atom. The SMILES string of the molecule is O=C(NCc1ccc(-c2nc3ccccc3s2)o1)c1occc1-c1ccccc1. The van der Waals surface area contributed by atoms with E-state index in [4.69, 9.17) is 8.83 Å². The van der Waals surface area contributed by atoms with Crippen LogP contribution in [0.2, 0.25) is 0 Å². The number of benzene rings is 2. The summed E-state index contributed by atoms with van der Waals surface area (Å²) in [5.74, 6) is 1.35. The molecule has 1 N–H and O–H groups in total. The summed E-state index contributed by atoms with van der Waals surface area (Å²) < 4.78 is 12.4. The molecule has 0 fully saturated rings. The third-order valence-corrected chi connectivity index (χ3v) is 5.60. The minimum Gasteiger partial charge on any atom is -0.459 e. The summed E-state index contributed by atoms with van der Waals surface area (Å²) in [6.07, 6.45) is 1.52. The number of carbonyl (C=O) groups excluding carboxylic acids is 1. The third kappa shape index (κ3) is 3.46. The zero-order chi connectivity index (χ0) is 19.6. The van der Waals surface area contributed by atoms with Crippen molar-refractivity contribution in [2.24, 2.45) is 0 Å². The maximum atomic E-state index is 12.6. The van der Waals surface area contributed by atoms with Crippen LogP contribution in [0.3, 0.4) is 0 Å². The fourth-order valence-corrected chi connectivity index (χ4v) is 4.07. The Balaban J connectivity index is 1.30. The molecule has 0 atom stereocenters. The molecule has 142 valence electrons. The molecule has 0 aliphatic rings. The first-order valence-corrected chi connectivity index (χ1v) is 9.95. The molecule has 29 heavy (non-hydrogen) atoms. The van der Waals surface area contributed by atoms with Crippen molar-refractivity contribution in [2.45, 2.75) is 6.54 Å². The molecular formula is C23H16N2O3S. The number of hydrogen-bond acceptors (Lipinski definition) is 5. The van der Waals surface area contributed by atoms with E-state index in [1.165, 1.54) is 6.26 Å². The monoisotopic (exact) mass is 400 g/mol. The summed E-state index contributed by atoms with van der Waals surface area (Å²) in [5.41, 5.74) is 2.64. The highest BCUT2D eigenvalue weighted by Gasteiger charge is 2.17. The Labute approximate surface area is 170 Å². The summed E-state index contributed by atoms with van der Waals surface area (Å²) in [5, 5.41) is 3.68. The van der Waals surface area contributed by atoms with Crippen LogP contribution in [-0.4, -0.2) is 10.9 Å². The first-order chi connectivity index (χ1) is 14.3. The number of nitrogens with zero attached hydrogens (tertiary/aromatic N) is 1. The zero-order valence-corrected chi connectivity index (χ0v) is 16.1. The van der Waals surface area contributed by atoms with E-state index in [0.29, 0.717) is 11.5 Å². The number of amides is 1. The number of furan rings is 2. The van der Waals surface area contributed by atoms with Gasteiger partial charge in [0.25, 0.3) is 5.91 Å². The zero-order valence-electron chi connectivity index (χ0n) is 15.3. The molecule has 0 aliphatic heterocycles. The average Bonchev–Trinajstić information content (AvgIpc) is 3.51. The van der Waals surface area contributed by atoms with E-state index in [-0.39, 0.29) is 18.2 Å². The molecule has 5 nitrogen and oxygen atoms in total. The number of nitrogens with one attached hydrogen (secondary N) is 1. The lowest BCUT2D eigenvalue weighted by Crippen LogP contribution is -2.22. The van der Waals surface area contributed by atoms with Gasteiger partial charge in [0.2, 0.25) is 0 Å². The van der Waals surface area contributed by atoms with Gasteiger partial charge in [-0.2, -0.15) is 0 Å². The normalized spacial score (nSPS) is 11.0. The number of para-hydroxylation sites is 1. The van der Waals surface area contributed by atoms with Gasteiger partial charge in [-0.3, -0.25) is 4.79 Å². The minimum absolute atomic E-state index is 0.263. The van der Waals surface area contributed by atoms with Crippen LogP contribution in [-0.2, 0) is 6.54 Å². The second-order valence-corrected chi connectivity index (χ2v) is 7.50. The van der Waals surface area contributed by atoms with Gasteiger partial charge >= 0.3 is 0 Å². The summed E-state index contributed by atoms with van der Waals surface area (Å²) in [7, 11) is 0. The van der Waals surface area contributed by atoms with Gasteiger partial charge in [-0.1, -0.05) is 42.5 Å². The largest absolute Gasteiger partial charge is 0.459 e.